The fourth-order valence-corrected chi connectivity index (χ4v) is 3.69. The summed E-state index contributed by atoms with van der Waals surface area (Å²) in [5.74, 6) is 1.36. The largest absolute Gasteiger partial charge is 0.379 e. The van der Waals surface area contributed by atoms with Crippen molar-refractivity contribution in [1.82, 2.24) is 19.9 Å². The van der Waals surface area contributed by atoms with Crippen molar-refractivity contribution in [3.8, 4) is 0 Å². The van der Waals surface area contributed by atoms with Gasteiger partial charge < -0.3 is 10.1 Å². The van der Waals surface area contributed by atoms with Gasteiger partial charge in [0.2, 0.25) is 5.95 Å². The Bertz CT molecular complexity index is 713. The molecule has 1 N–H and O–H groups in total. The summed E-state index contributed by atoms with van der Waals surface area (Å²) in [5.41, 5.74) is 3.44. The van der Waals surface area contributed by atoms with E-state index in [0.29, 0.717) is 5.92 Å². The highest BCUT2D eigenvalue weighted by Crippen LogP contribution is 2.35. The number of hydrogen-bond donors (Lipinski definition) is 1. The number of rotatable bonds is 6. The van der Waals surface area contributed by atoms with Crippen molar-refractivity contribution in [2.45, 2.75) is 38.1 Å². The highest BCUT2D eigenvalue weighted by molar-refractivity contribution is 5.31. The van der Waals surface area contributed by atoms with Gasteiger partial charge in [-0.1, -0.05) is 12.5 Å². The summed E-state index contributed by atoms with van der Waals surface area (Å²) in [5, 5.41) is 3.49. The maximum Gasteiger partial charge on any atom is 0.223 e. The third-order valence-corrected chi connectivity index (χ3v) is 5.41. The van der Waals surface area contributed by atoms with Crippen LogP contribution in [0, 0.1) is 6.92 Å². The molecule has 0 bridgehead atoms. The standard InChI is InChI=1S/C20H27N5O/c1-15-12-18(16-4-2-5-16)24-20(23-15)22-14-19(17-6-3-7-21-13-17)25-8-10-26-11-9-25/h3,6-7,12-13,16,19H,2,4-5,8-11,14H2,1H3,(H,22,23,24)/t19-/m1/s1. The summed E-state index contributed by atoms with van der Waals surface area (Å²) in [6, 6.07) is 6.52. The summed E-state index contributed by atoms with van der Waals surface area (Å²) in [4.78, 5) is 16.2. The summed E-state index contributed by atoms with van der Waals surface area (Å²) in [7, 11) is 0. The van der Waals surface area contributed by atoms with Gasteiger partial charge in [-0.25, -0.2) is 9.97 Å². The van der Waals surface area contributed by atoms with E-state index >= 15 is 0 Å². The predicted molar refractivity (Wildman–Crippen MR) is 101 cm³/mol. The van der Waals surface area contributed by atoms with Crippen LogP contribution in [0.1, 0.15) is 48.2 Å². The Kier molecular flexibility index (Phi) is 5.41. The van der Waals surface area contributed by atoms with E-state index in [2.05, 4.69) is 39.2 Å². The third kappa shape index (κ3) is 4.02. The molecule has 1 aliphatic heterocycles. The Hall–Kier alpha value is -2.05. The number of hydrogen-bond acceptors (Lipinski definition) is 6. The fraction of sp³-hybridized carbons (Fsp3) is 0.550. The predicted octanol–water partition coefficient (Wildman–Crippen LogP) is 2.93. The van der Waals surface area contributed by atoms with Crippen molar-refractivity contribution < 1.29 is 4.74 Å². The molecule has 6 nitrogen and oxygen atoms in total. The van der Waals surface area contributed by atoms with Crippen LogP contribution in [0.5, 0.6) is 0 Å². The Morgan fingerprint density at radius 1 is 1.27 bits per heavy atom. The van der Waals surface area contributed by atoms with Crippen molar-refractivity contribution >= 4 is 5.95 Å². The van der Waals surface area contributed by atoms with Crippen LogP contribution >= 0.6 is 0 Å². The number of morpholine rings is 1. The van der Waals surface area contributed by atoms with Gasteiger partial charge in [0.1, 0.15) is 0 Å². The summed E-state index contributed by atoms with van der Waals surface area (Å²) < 4.78 is 5.52. The van der Waals surface area contributed by atoms with E-state index in [1.54, 1.807) is 0 Å². The highest BCUT2D eigenvalue weighted by atomic mass is 16.5. The molecule has 2 aromatic heterocycles. The van der Waals surface area contributed by atoms with Crippen molar-refractivity contribution in [3.63, 3.8) is 0 Å². The topological polar surface area (TPSA) is 63.2 Å². The van der Waals surface area contributed by atoms with E-state index in [4.69, 9.17) is 9.72 Å². The van der Waals surface area contributed by atoms with Crippen molar-refractivity contribution in [2.75, 3.05) is 38.2 Å². The number of anilines is 1. The van der Waals surface area contributed by atoms with Crippen molar-refractivity contribution in [3.05, 3.63) is 47.5 Å². The van der Waals surface area contributed by atoms with Crippen LogP contribution in [0.4, 0.5) is 5.95 Å². The molecule has 1 aliphatic carbocycles. The first kappa shape index (κ1) is 17.4. The molecule has 6 heteroatoms. The van der Waals surface area contributed by atoms with Crippen molar-refractivity contribution in [2.24, 2.45) is 0 Å². The zero-order chi connectivity index (χ0) is 17.8. The molecule has 1 atom stereocenters. The number of nitrogens with zero attached hydrogens (tertiary/aromatic N) is 4. The quantitative estimate of drug-likeness (QED) is 0.861. The van der Waals surface area contributed by atoms with E-state index < -0.39 is 0 Å². The molecule has 3 heterocycles. The van der Waals surface area contributed by atoms with E-state index in [1.807, 2.05) is 18.5 Å². The molecule has 138 valence electrons. The Morgan fingerprint density at radius 3 is 2.81 bits per heavy atom. The van der Waals surface area contributed by atoms with Crippen molar-refractivity contribution in [1.29, 1.82) is 0 Å². The minimum atomic E-state index is 0.240. The van der Waals surface area contributed by atoms with Gasteiger partial charge in [-0.3, -0.25) is 9.88 Å². The van der Waals surface area contributed by atoms with E-state index in [-0.39, 0.29) is 6.04 Å². The molecule has 4 rings (SSSR count). The summed E-state index contributed by atoms with van der Waals surface area (Å²) >= 11 is 0. The fourth-order valence-electron chi connectivity index (χ4n) is 3.69. The normalized spacial score (nSPS) is 19.7. The lowest BCUT2D eigenvalue weighted by Gasteiger charge is -2.34. The SMILES string of the molecule is Cc1cc(C2CCC2)nc(NC[C@H](c2cccnc2)N2CCOCC2)n1. The first-order valence-corrected chi connectivity index (χ1v) is 9.61. The molecule has 0 amide bonds. The van der Waals surface area contributed by atoms with E-state index in [0.717, 1.165) is 44.5 Å². The van der Waals surface area contributed by atoms with Gasteiger partial charge in [-0.2, -0.15) is 0 Å². The molecule has 2 aliphatic rings. The second kappa shape index (κ2) is 8.10. The third-order valence-electron chi connectivity index (χ3n) is 5.41. The Labute approximate surface area is 155 Å². The minimum absolute atomic E-state index is 0.240. The van der Waals surface area contributed by atoms with E-state index in [1.165, 1.54) is 30.5 Å². The van der Waals surface area contributed by atoms with Gasteiger partial charge >= 0.3 is 0 Å². The molecule has 0 aromatic carbocycles. The van der Waals surface area contributed by atoms with Crippen LogP contribution in [0.3, 0.4) is 0 Å². The smallest absolute Gasteiger partial charge is 0.223 e. The molecule has 26 heavy (non-hydrogen) atoms. The molecular formula is C20H27N5O. The summed E-state index contributed by atoms with van der Waals surface area (Å²) in [6.45, 7) is 6.24. The number of pyridine rings is 1. The zero-order valence-electron chi connectivity index (χ0n) is 15.4. The lowest BCUT2D eigenvalue weighted by atomic mass is 9.83. The van der Waals surface area contributed by atoms with Crippen LogP contribution in [-0.4, -0.2) is 52.7 Å². The number of aryl methyl sites for hydroxylation is 1. The number of ether oxygens (including phenoxy) is 1. The van der Waals surface area contributed by atoms with E-state index in [9.17, 15) is 0 Å². The lowest BCUT2D eigenvalue weighted by molar-refractivity contribution is 0.0186. The second-order valence-corrected chi connectivity index (χ2v) is 7.22. The lowest BCUT2D eigenvalue weighted by Crippen LogP contribution is -2.41. The second-order valence-electron chi connectivity index (χ2n) is 7.22. The van der Waals surface area contributed by atoms with Gasteiger partial charge in [0.15, 0.2) is 0 Å². The van der Waals surface area contributed by atoms with Crippen LogP contribution in [0.25, 0.3) is 0 Å². The monoisotopic (exact) mass is 353 g/mol. The van der Waals surface area contributed by atoms with Gasteiger partial charge in [-0.15, -0.1) is 0 Å². The molecular weight excluding hydrogens is 326 g/mol. The molecule has 0 spiro atoms. The van der Waals surface area contributed by atoms with Gasteiger partial charge in [-0.05, 0) is 37.5 Å². The van der Waals surface area contributed by atoms with Crippen LogP contribution in [0.15, 0.2) is 30.6 Å². The molecule has 2 fully saturated rings. The van der Waals surface area contributed by atoms with Gasteiger partial charge in [0.05, 0.1) is 19.3 Å². The molecule has 1 saturated heterocycles. The molecule has 1 saturated carbocycles. The Morgan fingerprint density at radius 2 is 2.12 bits per heavy atom. The zero-order valence-corrected chi connectivity index (χ0v) is 15.4. The van der Waals surface area contributed by atoms with Crippen LogP contribution < -0.4 is 5.32 Å². The van der Waals surface area contributed by atoms with Crippen LogP contribution in [0.2, 0.25) is 0 Å². The average Bonchev–Trinajstić information content (AvgIpc) is 2.62. The van der Waals surface area contributed by atoms with Gasteiger partial charge in [0.25, 0.3) is 0 Å². The first-order valence-electron chi connectivity index (χ1n) is 9.61. The molecule has 2 aromatic rings. The minimum Gasteiger partial charge on any atom is -0.379 e. The van der Waals surface area contributed by atoms with Crippen LogP contribution in [-0.2, 0) is 4.74 Å². The maximum absolute atomic E-state index is 5.52. The summed E-state index contributed by atoms with van der Waals surface area (Å²) in [6.07, 6.45) is 7.60. The Balaban J connectivity index is 1.50. The number of nitrogens with one attached hydrogen (secondary N) is 1. The molecule has 0 unspecified atom stereocenters. The molecule has 0 radical (unpaired) electrons. The number of aromatic nitrogens is 3. The first-order chi connectivity index (χ1) is 12.8. The highest BCUT2D eigenvalue weighted by Gasteiger charge is 2.24. The average molecular weight is 353 g/mol. The van der Waals surface area contributed by atoms with Gasteiger partial charge in [0, 0.05) is 49.3 Å². The maximum atomic E-state index is 5.52.